The van der Waals surface area contributed by atoms with Crippen molar-refractivity contribution >= 4 is 57.9 Å². The molecule has 0 radical (unpaired) electrons. The van der Waals surface area contributed by atoms with Crippen LogP contribution >= 0.6 is 11.3 Å². The van der Waals surface area contributed by atoms with E-state index in [4.69, 9.17) is 22.9 Å². The van der Waals surface area contributed by atoms with Gasteiger partial charge in [0, 0.05) is 11.9 Å². The number of anilines is 1. The summed E-state index contributed by atoms with van der Waals surface area (Å²) in [6, 6.07) is -4.04. The van der Waals surface area contributed by atoms with Crippen LogP contribution in [0.1, 0.15) is 84.1 Å². The zero-order valence-corrected chi connectivity index (χ0v) is 29.4. The molecule has 1 aromatic rings. The van der Waals surface area contributed by atoms with Crippen LogP contribution in [0, 0.1) is 17.8 Å². The van der Waals surface area contributed by atoms with Gasteiger partial charge >= 0.3 is 0 Å². The van der Waals surface area contributed by atoms with Gasteiger partial charge in [0.2, 0.25) is 29.5 Å². The van der Waals surface area contributed by atoms with E-state index in [1.54, 1.807) is 6.92 Å². The number of aliphatic imine (C=N–C) groups is 1. The van der Waals surface area contributed by atoms with Gasteiger partial charge in [-0.15, -0.1) is 11.3 Å². The molecule has 17 nitrogen and oxygen atoms in total. The van der Waals surface area contributed by atoms with Crippen molar-refractivity contribution in [3.05, 3.63) is 11.1 Å². The van der Waals surface area contributed by atoms with E-state index < -0.39 is 66.2 Å². The predicted molar refractivity (Wildman–Crippen MR) is 184 cm³/mol. The molecule has 0 unspecified atom stereocenters. The molecule has 270 valence electrons. The van der Waals surface area contributed by atoms with Crippen molar-refractivity contribution in [3.63, 3.8) is 0 Å². The molecule has 0 saturated heterocycles. The molecule has 13 N–H and O–H groups in total. The summed E-state index contributed by atoms with van der Waals surface area (Å²) in [5.41, 5.74) is 21.9. The van der Waals surface area contributed by atoms with Gasteiger partial charge in [-0.1, -0.05) is 48.0 Å². The maximum Gasteiger partial charge on any atom is 0.271 e. The summed E-state index contributed by atoms with van der Waals surface area (Å²) in [4.78, 5) is 85.3. The van der Waals surface area contributed by atoms with Gasteiger partial charge in [0.25, 0.3) is 5.91 Å². The SMILES string of the molecule is CC[C@H](C)[C@H](NC(=O)[C@H](CC(C)C)NC(=O)c1csc(N)n1)C(=O)NCC(=O)N[C@@H](CCCN=C(N)N)C(=O)N[C@@H](CC(C)C)C(N)=O. The molecular formula is C30H53N11O6S. The molecule has 1 aromatic heterocycles. The van der Waals surface area contributed by atoms with E-state index in [9.17, 15) is 28.8 Å². The summed E-state index contributed by atoms with van der Waals surface area (Å²) >= 11 is 1.09. The minimum absolute atomic E-state index is 0.0226. The topological polar surface area (TPSA) is 292 Å². The van der Waals surface area contributed by atoms with E-state index in [2.05, 4.69) is 36.6 Å². The quantitative estimate of drug-likeness (QED) is 0.0432. The zero-order chi connectivity index (χ0) is 36.6. The second-order valence-electron chi connectivity index (χ2n) is 12.5. The number of hydrogen-bond donors (Lipinski definition) is 9. The third kappa shape index (κ3) is 15.4. The number of carbonyl (C=O) groups excluding carboxylic acids is 6. The number of guanidine groups is 1. The van der Waals surface area contributed by atoms with Crippen molar-refractivity contribution in [1.82, 2.24) is 31.6 Å². The number of nitrogens with two attached hydrogens (primary N) is 4. The third-order valence-corrected chi connectivity index (χ3v) is 7.94. The number of carbonyl (C=O) groups is 6. The number of rotatable bonds is 21. The highest BCUT2D eigenvalue weighted by atomic mass is 32.1. The molecular weight excluding hydrogens is 642 g/mol. The number of nitrogen functional groups attached to an aromatic ring is 1. The molecule has 0 aliphatic heterocycles. The number of hydrogen-bond acceptors (Lipinski definition) is 10. The lowest BCUT2D eigenvalue weighted by atomic mass is 9.96. The molecule has 1 heterocycles. The fourth-order valence-electron chi connectivity index (χ4n) is 4.57. The van der Waals surface area contributed by atoms with Crippen molar-refractivity contribution in [1.29, 1.82) is 0 Å². The average molecular weight is 696 g/mol. The van der Waals surface area contributed by atoms with Crippen LogP contribution in [0.5, 0.6) is 0 Å². The lowest BCUT2D eigenvalue weighted by Gasteiger charge is -2.27. The molecule has 48 heavy (non-hydrogen) atoms. The van der Waals surface area contributed by atoms with Crippen LogP contribution in [0.25, 0.3) is 0 Å². The summed E-state index contributed by atoms with van der Waals surface area (Å²) < 4.78 is 0. The highest BCUT2D eigenvalue weighted by Gasteiger charge is 2.31. The first-order chi connectivity index (χ1) is 22.4. The lowest BCUT2D eigenvalue weighted by molar-refractivity contribution is -0.133. The monoisotopic (exact) mass is 695 g/mol. The first-order valence-corrected chi connectivity index (χ1v) is 16.9. The van der Waals surface area contributed by atoms with Crippen LogP contribution < -0.4 is 49.5 Å². The molecule has 0 fully saturated rings. The van der Waals surface area contributed by atoms with Crippen LogP contribution in [-0.4, -0.2) is 83.6 Å². The molecule has 5 atom stereocenters. The summed E-state index contributed by atoms with van der Waals surface area (Å²) in [5.74, 6) is -4.20. The number of primary amides is 1. The Morgan fingerprint density at radius 3 is 1.96 bits per heavy atom. The second-order valence-corrected chi connectivity index (χ2v) is 13.4. The van der Waals surface area contributed by atoms with E-state index in [-0.39, 0.29) is 53.9 Å². The molecule has 0 bridgehead atoms. The lowest BCUT2D eigenvalue weighted by Crippen LogP contribution is -2.57. The van der Waals surface area contributed by atoms with Crippen LogP contribution in [0.4, 0.5) is 5.13 Å². The van der Waals surface area contributed by atoms with E-state index in [0.717, 1.165) is 11.3 Å². The highest BCUT2D eigenvalue weighted by molar-refractivity contribution is 7.13. The summed E-state index contributed by atoms with van der Waals surface area (Å²) in [7, 11) is 0. The fourth-order valence-corrected chi connectivity index (χ4v) is 5.11. The third-order valence-electron chi connectivity index (χ3n) is 7.26. The number of nitrogens with zero attached hydrogens (tertiary/aromatic N) is 2. The van der Waals surface area contributed by atoms with Crippen LogP contribution in [0.3, 0.4) is 0 Å². The van der Waals surface area contributed by atoms with Gasteiger partial charge in [0.15, 0.2) is 11.1 Å². The maximum atomic E-state index is 13.4. The average Bonchev–Trinajstić information content (AvgIpc) is 3.44. The first-order valence-electron chi connectivity index (χ1n) is 16.0. The zero-order valence-electron chi connectivity index (χ0n) is 28.6. The normalized spacial score (nSPS) is 14.2. The van der Waals surface area contributed by atoms with Gasteiger partial charge in [-0.05, 0) is 43.4 Å². The smallest absolute Gasteiger partial charge is 0.271 e. The first kappa shape index (κ1) is 41.5. The minimum atomic E-state index is -1.09. The van der Waals surface area contributed by atoms with E-state index in [1.807, 2.05) is 34.6 Å². The van der Waals surface area contributed by atoms with Crippen LogP contribution in [0.15, 0.2) is 10.4 Å². The van der Waals surface area contributed by atoms with Gasteiger partial charge in [-0.25, -0.2) is 4.98 Å². The number of amides is 6. The Morgan fingerprint density at radius 2 is 1.44 bits per heavy atom. The van der Waals surface area contributed by atoms with Gasteiger partial charge in [0.1, 0.15) is 29.9 Å². The number of thiazole rings is 1. The summed E-state index contributed by atoms with van der Waals surface area (Å²) in [6.45, 7) is 10.8. The summed E-state index contributed by atoms with van der Waals surface area (Å²) in [5, 5.41) is 14.8. The Bertz CT molecular complexity index is 1280. The van der Waals surface area contributed by atoms with Gasteiger partial charge in [-0.3, -0.25) is 33.8 Å². The minimum Gasteiger partial charge on any atom is -0.375 e. The summed E-state index contributed by atoms with van der Waals surface area (Å²) in [6.07, 6.45) is 1.54. The predicted octanol–water partition coefficient (Wildman–Crippen LogP) is -0.928. The standard InChI is InChI=1S/C30H53N11O6S/c1-7-17(6)23(41-26(45)20(12-16(4)5)39-27(46)21-14-48-30(34)40-21)28(47)36-13-22(42)37-18(9-8-10-35-29(32)33)25(44)38-19(24(31)43)11-15(2)3/h14-20,23H,7-13H2,1-6H3,(H2,31,43)(H2,34,40)(H,36,47)(H,37,42)(H,38,44)(H,39,46)(H,41,45)(H4,32,33,35)/t17-,18-,19-,20-,23-/m0/s1. The fraction of sp³-hybridized carbons (Fsp3) is 0.667. The van der Waals surface area contributed by atoms with Gasteiger partial charge in [0.05, 0.1) is 6.54 Å². The van der Waals surface area contributed by atoms with E-state index in [1.165, 1.54) is 5.38 Å². The molecule has 0 aromatic carbocycles. The molecule has 6 amide bonds. The molecule has 0 aliphatic rings. The van der Waals surface area contributed by atoms with Crippen molar-refractivity contribution in [2.24, 2.45) is 39.9 Å². The van der Waals surface area contributed by atoms with Gasteiger partial charge in [-0.2, -0.15) is 0 Å². The van der Waals surface area contributed by atoms with E-state index in [0.29, 0.717) is 19.3 Å². The van der Waals surface area contributed by atoms with Crippen LogP contribution in [0.2, 0.25) is 0 Å². The molecule has 0 spiro atoms. The molecule has 1 rings (SSSR count). The Labute approximate surface area is 285 Å². The van der Waals surface area contributed by atoms with Gasteiger partial charge < -0.3 is 49.5 Å². The largest absolute Gasteiger partial charge is 0.375 e. The Balaban J connectivity index is 3.00. The van der Waals surface area contributed by atoms with Crippen molar-refractivity contribution in [3.8, 4) is 0 Å². The van der Waals surface area contributed by atoms with Crippen molar-refractivity contribution in [2.45, 2.75) is 97.8 Å². The Kier molecular flexibility index (Phi) is 17.9. The molecule has 0 saturated carbocycles. The number of nitrogens with one attached hydrogen (secondary N) is 5. The second kappa shape index (κ2) is 20.7. The maximum absolute atomic E-state index is 13.4. The molecule has 18 heteroatoms. The van der Waals surface area contributed by atoms with Crippen LogP contribution in [-0.2, 0) is 24.0 Å². The van der Waals surface area contributed by atoms with E-state index >= 15 is 0 Å². The number of aromatic nitrogens is 1. The van der Waals surface area contributed by atoms with Crippen molar-refractivity contribution < 1.29 is 28.8 Å². The van der Waals surface area contributed by atoms with Crippen molar-refractivity contribution in [2.75, 3.05) is 18.8 Å². The Morgan fingerprint density at radius 1 is 0.833 bits per heavy atom. The highest BCUT2D eigenvalue weighted by Crippen LogP contribution is 2.14. The Hall–Kier alpha value is -4.48. The molecule has 0 aliphatic carbocycles.